The summed E-state index contributed by atoms with van der Waals surface area (Å²) in [4.78, 5) is 37.2. The average Bonchev–Trinajstić information content (AvgIpc) is 3.45. The number of fused-ring (bicyclic) bond motifs is 7. The third-order valence-corrected chi connectivity index (χ3v) is 16.5. The number of nitrogens with one attached hydrogen (secondary N) is 2. The number of carbonyl (C=O) groups is 3. The van der Waals surface area contributed by atoms with Crippen LogP contribution in [0.15, 0.2) is 12.2 Å². The molecule has 0 spiro atoms. The molecule has 5 rings (SSSR count). The number of hydrogen-bond donors (Lipinski definition) is 4. The normalized spacial score (nSPS) is 40.0. The van der Waals surface area contributed by atoms with Crippen molar-refractivity contribution in [2.24, 2.45) is 56.7 Å². The van der Waals surface area contributed by atoms with Gasteiger partial charge < -0.3 is 20.8 Å². The van der Waals surface area contributed by atoms with Crippen LogP contribution in [0.1, 0.15) is 151 Å². The summed E-state index contributed by atoms with van der Waals surface area (Å²) >= 11 is 0. The summed E-state index contributed by atoms with van der Waals surface area (Å²) in [7, 11) is 0. The zero-order chi connectivity index (χ0) is 38.5. The number of carboxylic acid groups (broad SMARTS) is 1. The van der Waals surface area contributed by atoms with Gasteiger partial charge in [-0.05, 0) is 135 Å². The van der Waals surface area contributed by atoms with Crippen LogP contribution in [0.2, 0.25) is 0 Å². The molecule has 11 atom stereocenters. The molecule has 5 aliphatic carbocycles. The average molecular weight is 737 g/mol. The van der Waals surface area contributed by atoms with Gasteiger partial charge in [0.05, 0.1) is 17.9 Å². The summed E-state index contributed by atoms with van der Waals surface area (Å²) in [5.41, 5.74) is 1.29. The Balaban J connectivity index is 1.17. The fourth-order valence-electron chi connectivity index (χ4n) is 13.5. The van der Waals surface area contributed by atoms with Crippen LogP contribution in [0.25, 0.3) is 0 Å². The molecule has 296 valence electrons. The molecule has 10 heteroatoms. The van der Waals surface area contributed by atoms with E-state index in [1.54, 1.807) is 0 Å². The van der Waals surface area contributed by atoms with Gasteiger partial charge in [-0.15, -0.1) is 0 Å². The number of carbonyl (C=O) groups excluding carboxylic acids is 2. The van der Waals surface area contributed by atoms with E-state index in [9.17, 15) is 32.7 Å². The van der Waals surface area contributed by atoms with E-state index in [0.717, 1.165) is 70.6 Å². The summed E-state index contributed by atoms with van der Waals surface area (Å²) in [6.45, 7) is 19.5. The van der Waals surface area contributed by atoms with Crippen molar-refractivity contribution in [1.29, 1.82) is 0 Å². The summed E-state index contributed by atoms with van der Waals surface area (Å²) in [5.74, 6) is 0.0233. The molecule has 0 aromatic carbocycles. The fourth-order valence-corrected chi connectivity index (χ4v) is 13.5. The largest absolute Gasteiger partial charge is 0.481 e. The molecule has 0 aromatic heterocycles. The molecule has 5 saturated carbocycles. The van der Waals surface area contributed by atoms with Crippen molar-refractivity contribution in [2.75, 3.05) is 6.54 Å². The molecule has 0 aromatic rings. The van der Waals surface area contributed by atoms with Gasteiger partial charge in [0, 0.05) is 13.0 Å². The van der Waals surface area contributed by atoms with Crippen molar-refractivity contribution in [3.05, 3.63) is 12.2 Å². The highest BCUT2D eigenvalue weighted by atomic mass is 19.4. The molecule has 0 bridgehead atoms. The highest BCUT2D eigenvalue weighted by Crippen LogP contribution is 2.77. The number of aliphatic carboxylic acids is 1. The maximum atomic E-state index is 14.4. The Morgan fingerprint density at radius 3 is 2.15 bits per heavy atom. The lowest BCUT2D eigenvalue weighted by atomic mass is 9.32. The standard InChI is InChI=1S/C42H67F3N2O5/c1-26(2)27-16-21-41(36(52)46-24-12-10-8-9-11-13-33(49)47-31(25-34(50)51)42(43,44)45)23-22-39(6)28(35(27)41)14-15-30-38(5)19-18-32(48)37(3,4)29(38)17-20-40(30,39)7/h27-32,35,48H,1,8-25H2,2-7H3,(H,46,52)(H,47,49)(H,50,51)/t27-,28+,29-,30+,31?,32-,35+,38-,39+,40+,41-/m0/s1. The number of aliphatic hydroxyl groups excluding tert-OH is 1. The monoisotopic (exact) mass is 737 g/mol. The molecule has 5 aliphatic rings. The minimum absolute atomic E-state index is 0.0762. The summed E-state index contributed by atoms with van der Waals surface area (Å²) in [6.07, 6.45) is 7.77. The first-order valence-corrected chi connectivity index (χ1v) is 20.3. The second-order valence-electron chi connectivity index (χ2n) is 19.3. The molecule has 5 fully saturated rings. The number of carboxylic acids is 1. The molecule has 1 unspecified atom stereocenters. The van der Waals surface area contributed by atoms with Gasteiger partial charge in [0.15, 0.2) is 0 Å². The van der Waals surface area contributed by atoms with Crippen molar-refractivity contribution in [3.63, 3.8) is 0 Å². The van der Waals surface area contributed by atoms with E-state index in [1.807, 2.05) is 5.32 Å². The highest BCUT2D eigenvalue weighted by molar-refractivity contribution is 5.84. The molecule has 4 N–H and O–H groups in total. The number of aliphatic hydroxyl groups is 1. The van der Waals surface area contributed by atoms with Gasteiger partial charge in [0.25, 0.3) is 0 Å². The number of alkyl halides is 3. The third kappa shape index (κ3) is 7.09. The second kappa shape index (κ2) is 14.9. The summed E-state index contributed by atoms with van der Waals surface area (Å²) < 4.78 is 39.1. The first kappa shape index (κ1) is 41.1. The van der Waals surface area contributed by atoms with Gasteiger partial charge in [-0.2, -0.15) is 13.2 Å². The number of amides is 2. The molecular weight excluding hydrogens is 669 g/mol. The Kier molecular flexibility index (Phi) is 11.7. The molecule has 0 heterocycles. The lowest BCUT2D eigenvalue weighted by molar-refractivity contribution is -0.246. The first-order chi connectivity index (χ1) is 24.1. The van der Waals surface area contributed by atoms with Crippen LogP contribution in [0.5, 0.6) is 0 Å². The molecule has 2 amide bonds. The zero-order valence-corrected chi connectivity index (χ0v) is 32.7. The van der Waals surface area contributed by atoms with E-state index in [2.05, 4.69) is 53.4 Å². The van der Waals surface area contributed by atoms with Crippen LogP contribution >= 0.6 is 0 Å². The van der Waals surface area contributed by atoms with Gasteiger partial charge in [0.2, 0.25) is 11.8 Å². The Bertz CT molecular complexity index is 1370. The Labute approximate surface area is 310 Å². The van der Waals surface area contributed by atoms with Crippen molar-refractivity contribution < 1.29 is 37.8 Å². The molecule has 0 radical (unpaired) electrons. The highest BCUT2D eigenvalue weighted by Gasteiger charge is 2.71. The molecular formula is C42H67F3N2O5. The Morgan fingerprint density at radius 2 is 1.50 bits per heavy atom. The number of hydrogen-bond acceptors (Lipinski definition) is 4. The van der Waals surface area contributed by atoms with E-state index in [1.165, 1.54) is 18.4 Å². The van der Waals surface area contributed by atoms with Crippen molar-refractivity contribution in [2.45, 2.75) is 169 Å². The van der Waals surface area contributed by atoms with Crippen molar-refractivity contribution in [1.82, 2.24) is 10.6 Å². The van der Waals surface area contributed by atoms with Gasteiger partial charge in [-0.1, -0.05) is 66.0 Å². The van der Waals surface area contributed by atoms with E-state index < -0.39 is 30.5 Å². The van der Waals surface area contributed by atoms with E-state index >= 15 is 0 Å². The van der Waals surface area contributed by atoms with Crippen molar-refractivity contribution >= 4 is 17.8 Å². The predicted octanol–water partition coefficient (Wildman–Crippen LogP) is 8.98. The quantitative estimate of drug-likeness (QED) is 0.111. The van der Waals surface area contributed by atoms with Crippen LogP contribution in [-0.2, 0) is 14.4 Å². The molecule has 0 aliphatic heterocycles. The lowest BCUT2D eigenvalue weighted by Crippen LogP contribution is -2.67. The van der Waals surface area contributed by atoms with Gasteiger partial charge in [0.1, 0.15) is 6.04 Å². The topological polar surface area (TPSA) is 116 Å². The number of unbranched alkanes of at least 4 members (excludes halogenated alkanes) is 4. The van der Waals surface area contributed by atoms with Crippen LogP contribution in [0.4, 0.5) is 13.2 Å². The number of allylic oxidation sites excluding steroid dienone is 1. The smallest absolute Gasteiger partial charge is 0.409 e. The lowest BCUT2D eigenvalue weighted by Gasteiger charge is -2.72. The van der Waals surface area contributed by atoms with Gasteiger partial charge in [-0.25, -0.2) is 0 Å². The van der Waals surface area contributed by atoms with Crippen molar-refractivity contribution in [3.8, 4) is 0 Å². The molecule has 7 nitrogen and oxygen atoms in total. The zero-order valence-electron chi connectivity index (χ0n) is 32.7. The van der Waals surface area contributed by atoms with Gasteiger partial charge >= 0.3 is 12.1 Å². The van der Waals surface area contributed by atoms with Crippen LogP contribution in [0.3, 0.4) is 0 Å². The first-order valence-electron chi connectivity index (χ1n) is 20.3. The second-order valence-corrected chi connectivity index (χ2v) is 19.3. The van der Waals surface area contributed by atoms with Gasteiger partial charge in [-0.3, -0.25) is 14.4 Å². The maximum Gasteiger partial charge on any atom is 0.409 e. The summed E-state index contributed by atoms with van der Waals surface area (Å²) in [6, 6.07) is -2.38. The fraction of sp³-hybridized carbons (Fsp3) is 0.881. The summed E-state index contributed by atoms with van der Waals surface area (Å²) in [5, 5.41) is 25.0. The van der Waals surface area contributed by atoms with E-state index in [4.69, 9.17) is 5.11 Å². The third-order valence-electron chi connectivity index (χ3n) is 16.5. The Hall–Kier alpha value is -2.10. The van der Waals surface area contributed by atoms with E-state index in [0.29, 0.717) is 43.1 Å². The van der Waals surface area contributed by atoms with E-state index in [-0.39, 0.29) is 51.4 Å². The SMILES string of the molecule is C=C(C)[C@@H]1CC[C@]2(C(=O)NCCCCCCCC(=O)NC(CC(=O)O)C(F)(F)F)CC[C@]3(C)[C@H](CC[C@@H]4[C@@]5(C)CC[C@H](O)C(C)(C)[C@@H]5CC[C@]43C)[C@@H]12. The number of rotatable bonds is 13. The minimum Gasteiger partial charge on any atom is -0.481 e. The van der Waals surface area contributed by atoms with Crippen LogP contribution in [0, 0.1) is 56.7 Å². The number of halogens is 3. The molecule has 0 saturated heterocycles. The predicted molar refractivity (Wildman–Crippen MR) is 196 cm³/mol. The Morgan fingerprint density at radius 1 is 0.827 bits per heavy atom. The molecule has 52 heavy (non-hydrogen) atoms. The van der Waals surface area contributed by atoms with Crippen LogP contribution in [-0.4, -0.2) is 52.9 Å². The van der Waals surface area contributed by atoms with Crippen LogP contribution < -0.4 is 10.6 Å². The minimum atomic E-state index is -4.81. The maximum absolute atomic E-state index is 14.4.